The van der Waals surface area contributed by atoms with Crippen molar-refractivity contribution in [3.8, 4) is 5.75 Å². The minimum absolute atomic E-state index is 0.102. The van der Waals surface area contributed by atoms with E-state index in [0.717, 1.165) is 54.8 Å². The van der Waals surface area contributed by atoms with Gasteiger partial charge in [-0.2, -0.15) is 0 Å². The van der Waals surface area contributed by atoms with E-state index in [2.05, 4.69) is 33.9 Å². The molecule has 1 saturated heterocycles. The Kier molecular flexibility index (Phi) is 10.5. The molecule has 1 atom stereocenters. The number of nitrogens with two attached hydrogens (primary N) is 1. The summed E-state index contributed by atoms with van der Waals surface area (Å²) in [6.45, 7) is 9.33. The summed E-state index contributed by atoms with van der Waals surface area (Å²) in [7, 11) is 1.59. The molecule has 3 N–H and O–H groups in total. The highest BCUT2D eigenvalue weighted by molar-refractivity contribution is 5.83. The maximum atomic E-state index is 13.9. The average molecular weight is 576 g/mol. The van der Waals surface area contributed by atoms with E-state index in [9.17, 15) is 14.0 Å². The Morgan fingerprint density at radius 2 is 2.05 bits per heavy atom. The molecule has 9 heteroatoms. The lowest BCUT2D eigenvalue weighted by atomic mass is 9.73. The first kappa shape index (κ1) is 31.0. The van der Waals surface area contributed by atoms with Gasteiger partial charge in [0, 0.05) is 41.9 Å². The van der Waals surface area contributed by atoms with Crippen LogP contribution in [0.4, 0.5) is 4.39 Å². The highest BCUT2D eigenvalue weighted by Crippen LogP contribution is 2.48. The van der Waals surface area contributed by atoms with Gasteiger partial charge in [0.05, 0.1) is 19.7 Å². The lowest BCUT2D eigenvalue weighted by molar-refractivity contribution is -0.133. The van der Waals surface area contributed by atoms with Gasteiger partial charge in [0.2, 0.25) is 12.3 Å². The number of fused-ring (bicyclic) bond motifs is 2. The number of nitrogens with one attached hydrogen (secondary N) is 1. The third kappa shape index (κ3) is 6.90. The number of carbonyl (C=O) groups is 2. The number of hydrogen-bond acceptors (Lipinski definition) is 6. The summed E-state index contributed by atoms with van der Waals surface area (Å²) < 4.78 is 20.3. The quantitative estimate of drug-likeness (QED) is 0.214. The number of rotatable bonds is 13. The van der Waals surface area contributed by atoms with Crippen LogP contribution in [0.15, 0.2) is 65.8 Å². The fourth-order valence-electron chi connectivity index (χ4n) is 5.92. The average Bonchev–Trinajstić information content (AvgIpc) is 3.36. The Hall–Kier alpha value is -3.98. The van der Waals surface area contributed by atoms with E-state index in [1.165, 1.54) is 11.6 Å². The molecule has 42 heavy (non-hydrogen) atoms. The Morgan fingerprint density at radius 3 is 2.71 bits per heavy atom. The molecule has 0 bridgehead atoms. The zero-order chi connectivity index (χ0) is 30.1. The highest BCUT2D eigenvalue weighted by atomic mass is 19.1. The molecule has 1 unspecified atom stereocenters. The number of aryl methyl sites for hydroxylation is 1. The molecular weight excluding hydrogens is 533 g/mol. The molecule has 224 valence electrons. The van der Waals surface area contributed by atoms with E-state index in [1.807, 2.05) is 6.92 Å². The van der Waals surface area contributed by atoms with Gasteiger partial charge in [0.15, 0.2) is 0 Å². The van der Waals surface area contributed by atoms with Crippen LogP contribution in [-0.2, 0) is 28.1 Å². The van der Waals surface area contributed by atoms with E-state index in [-0.39, 0.29) is 23.7 Å². The maximum Gasteiger partial charge on any atom is 0.242 e. The van der Waals surface area contributed by atoms with Crippen LogP contribution >= 0.6 is 0 Å². The van der Waals surface area contributed by atoms with E-state index >= 15 is 0 Å². The number of benzene rings is 2. The second-order valence-electron chi connectivity index (χ2n) is 11.2. The van der Waals surface area contributed by atoms with Gasteiger partial charge in [-0.15, -0.1) is 6.58 Å². The van der Waals surface area contributed by atoms with Crippen molar-refractivity contribution < 1.29 is 18.7 Å². The van der Waals surface area contributed by atoms with E-state index in [4.69, 9.17) is 10.5 Å². The molecule has 2 aromatic carbocycles. The predicted octanol–water partition coefficient (Wildman–Crippen LogP) is 4.01. The van der Waals surface area contributed by atoms with Crippen LogP contribution in [0.3, 0.4) is 0 Å². The van der Waals surface area contributed by atoms with Crippen LogP contribution in [0.1, 0.15) is 47.9 Å². The molecule has 2 amide bonds. The minimum Gasteiger partial charge on any atom is -0.492 e. The summed E-state index contributed by atoms with van der Waals surface area (Å²) in [4.78, 5) is 33.1. The van der Waals surface area contributed by atoms with E-state index in [0.29, 0.717) is 38.1 Å². The summed E-state index contributed by atoms with van der Waals surface area (Å²) in [5.41, 5.74) is 10.4. The molecule has 2 heterocycles. The van der Waals surface area contributed by atoms with Crippen molar-refractivity contribution in [2.75, 3.05) is 33.3 Å². The van der Waals surface area contributed by atoms with Gasteiger partial charge in [-0.3, -0.25) is 19.5 Å². The molecule has 4 rings (SSSR count). The third-order valence-corrected chi connectivity index (χ3v) is 8.54. The fourth-order valence-corrected chi connectivity index (χ4v) is 5.92. The summed E-state index contributed by atoms with van der Waals surface area (Å²) in [6.07, 6.45) is 8.79. The van der Waals surface area contributed by atoms with Crippen molar-refractivity contribution >= 4 is 18.5 Å². The Balaban J connectivity index is 1.43. The molecule has 1 fully saturated rings. The largest absolute Gasteiger partial charge is 0.492 e. The van der Waals surface area contributed by atoms with Crippen molar-refractivity contribution in [2.24, 2.45) is 10.7 Å². The zero-order valence-corrected chi connectivity index (χ0v) is 24.7. The molecule has 0 saturated carbocycles. The summed E-state index contributed by atoms with van der Waals surface area (Å²) in [5, 5.41) is 2.69. The molecule has 2 aliphatic rings. The second-order valence-corrected chi connectivity index (χ2v) is 11.2. The van der Waals surface area contributed by atoms with Crippen LogP contribution in [0.2, 0.25) is 0 Å². The van der Waals surface area contributed by atoms with Crippen LogP contribution < -0.4 is 15.8 Å². The van der Waals surface area contributed by atoms with E-state index in [1.54, 1.807) is 48.6 Å². The SMILES string of the molecule is C=CCCC(C(=O)NC)N(C=O)Cc1c(C)ccc2c1OCC21CCN(C/C(C=NCc2ccccc2F)=C/N)CC1. The van der Waals surface area contributed by atoms with Gasteiger partial charge in [-0.25, -0.2) is 4.39 Å². The number of allylic oxidation sites excluding steroid dienone is 1. The number of nitrogens with zero attached hydrogens (tertiary/aromatic N) is 3. The standard InChI is InChI=1S/C33H42FN5O3/c1-4-5-10-30(32(41)36-3)39(23-40)21-27-24(2)11-12-28-31(27)42-22-33(28)13-15-38(16-14-33)20-25(17-35)18-37-19-26-8-6-7-9-29(26)34/h4,6-9,11-12,17-18,23,30H,1,5,10,13-16,19-22,35H2,2-3H3,(H,36,41)/b25-17+,37-18?. The van der Waals surface area contributed by atoms with Crippen LogP contribution in [0.5, 0.6) is 5.75 Å². The molecule has 0 aliphatic carbocycles. The van der Waals surface area contributed by atoms with Crippen LogP contribution in [0.25, 0.3) is 0 Å². The molecule has 2 aromatic rings. The first-order chi connectivity index (χ1) is 20.4. The van der Waals surface area contributed by atoms with Crippen molar-refractivity contribution in [3.63, 3.8) is 0 Å². The van der Waals surface area contributed by atoms with Crippen molar-refractivity contribution in [3.05, 3.63) is 88.9 Å². The maximum absolute atomic E-state index is 13.9. The van der Waals surface area contributed by atoms with Gasteiger partial charge in [0.1, 0.15) is 17.6 Å². The topological polar surface area (TPSA) is 100 Å². The number of hydrogen-bond donors (Lipinski definition) is 2. The Morgan fingerprint density at radius 1 is 1.29 bits per heavy atom. The third-order valence-electron chi connectivity index (χ3n) is 8.54. The number of amides is 2. The molecular formula is C33H42FN5O3. The monoisotopic (exact) mass is 575 g/mol. The number of likely N-dealkylation sites (tertiary alicyclic amines) is 1. The highest BCUT2D eigenvalue weighted by Gasteiger charge is 2.44. The number of ether oxygens (including phenoxy) is 1. The smallest absolute Gasteiger partial charge is 0.242 e. The zero-order valence-electron chi connectivity index (χ0n) is 24.7. The number of likely N-dealkylation sites (N-methyl/N-ethyl adjacent to an activating group) is 1. The molecule has 0 aromatic heterocycles. The van der Waals surface area contributed by atoms with Crippen LogP contribution in [-0.4, -0.2) is 67.7 Å². The first-order valence-corrected chi connectivity index (χ1v) is 14.5. The van der Waals surface area contributed by atoms with Crippen LogP contribution in [0, 0.1) is 12.7 Å². The molecule has 8 nitrogen and oxygen atoms in total. The summed E-state index contributed by atoms with van der Waals surface area (Å²) >= 11 is 0. The summed E-state index contributed by atoms with van der Waals surface area (Å²) in [6, 6.07) is 10.3. The van der Waals surface area contributed by atoms with Crippen molar-refractivity contribution in [1.29, 1.82) is 0 Å². The summed E-state index contributed by atoms with van der Waals surface area (Å²) in [5.74, 6) is 0.393. The molecule has 1 spiro atoms. The number of piperidine rings is 1. The first-order valence-electron chi connectivity index (χ1n) is 14.5. The Bertz CT molecular complexity index is 1330. The van der Waals surface area contributed by atoms with Gasteiger partial charge < -0.3 is 20.7 Å². The van der Waals surface area contributed by atoms with Crippen molar-refractivity contribution in [2.45, 2.75) is 57.2 Å². The minimum atomic E-state index is -0.584. The van der Waals surface area contributed by atoms with E-state index < -0.39 is 6.04 Å². The fraction of sp³-hybridized carbons (Fsp3) is 0.424. The van der Waals surface area contributed by atoms with Crippen molar-refractivity contribution in [1.82, 2.24) is 15.1 Å². The normalized spacial score (nSPS) is 17.1. The Labute approximate surface area is 248 Å². The lowest BCUT2D eigenvalue weighted by Crippen LogP contribution is -2.45. The van der Waals surface area contributed by atoms with Gasteiger partial charge in [0.25, 0.3) is 0 Å². The predicted molar refractivity (Wildman–Crippen MR) is 164 cm³/mol. The van der Waals surface area contributed by atoms with Gasteiger partial charge >= 0.3 is 0 Å². The second kappa shape index (κ2) is 14.3. The molecule has 2 aliphatic heterocycles. The number of aliphatic imine (C=N–C) groups is 1. The van der Waals surface area contributed by atoms with Gasteiger partial charge in [-0.1, -0.05) is 36.4 Å². The number of halogens is 1. The number of carbonyl (C=O) groups excluding carboxylic acids is 2. The molecule has 0 radical (unpaired) electrons. The van der Waals surface area contributed by atoms with Gasteiger partial charge in [-0.05, 0) is 69.1 Å². The lowest BCUT2D eigenvalue weighted by Gasteiger charge is -2.38.